The predicted molar refractivity (Wildman–Crippen MR) is 71.5 cm³/mol. The summed E-state index contributed by atoms with van der Waals surface area (Å²) < 4.78 is 0. The number of nitrogens with zero attached hydrogens (tertiary/aromatic N) is 1. The molecule has 0 aliphatic rings. The Morgan fingerprint density at radius 3 is 2.80 bits per heavy atom. The number of rotatable bonds is 6. The molecule has 0 unspecified atom stereocenters. The fourth-order valence-corrected chi connectivity index (χ4v) is 2.30. The summed E-state index contributed by atoms with van der Waals surface area (Å²) >= 11 is 6.69. The summed E-state index contributed by atoms with van der Waals surface area (Å²) in [5.74, 6) is 0. The van der Waals surface area contributed by atoms with Crippen molar-refractivity contribution in [3.8, 4) is 0 Å². The first kappa shape index (κ1) is 12.6. The van der Waals surface area contributed by atoms with Crippen molar-refractivity contribution in [2.45, 2.75) is 26.3 Å². The quantitative estimate of drug-likeness (QED) is 0.776. The summed E-state index contributed by atoms with van der Waals surface area (Å²) in [4.78, 5) is 2.88. The lowest BCUT2D eigenvalue weighted by Gasteiger charge is -2.25. The van der Waals surface area contributed by atoms with E-state index in [0.29, 0.717) is 11.0 Å². The summed E-state index contributed by atoms with van der Waals surface area (Å²) in [7, 11) is 0. The molecule has 0 atom stereocenters. The zero-order chi connectivity index (χ0) is 11.3. The molecule has 0 aliphatic heterocycles. The van der Waals surface area contributed by atoms with Gasteiger partial charge in [0.15, 0.2) is 0 Å². The maximum Gasteiger partial charge on any atom is 0.0870 e. The van der Waals surface area contributed by atoms with Gasteiger partial charge >= 0.3 is 0 Å². The molecule has 0 spiro atoms. The molecule has 0 saturated carbocycles. The van der Waals surface area contributed by atoms with Crippen molar-refractivity contribution >= 4 is 28.5 Å². The number of hydrogen-bond donors (Lipinski definition) is 1. The summed E-state index contributed by atoms with van der Waals surface area (Å²) in [5, 5.41) is 4.31. The summed E-state index contributed by atoms with van der Waals surface area (Å²) in [6, 6.07) is 2.66. The molecule has 2 N–H and O–H groups in total. The Labute approximate surface area is 101 Å². The van der Waals surface area contributed by atoms with E-state index in [1.165, 1.54) is 5.56 Å². The van der Waals surface area contributed by atoms with E-state index in [4.69, 9.17) is 18.0 Å². The molecule has 0 aliphatic carbocycles. The second-order valence-corrected chi connectivity index (χ2v) is 5.22. The number of thiophene rings is 1. The van der Waals surface area contributed by atoms with E-state index >= 15 is 0 Å². The molecule has 0 bridgehead atoms. The third kappa shape index (κ3) is 4.73. The lowest BCUT2D eigenvalue weighted by Crippen LogP contribution is -2.39. The van der Waals surface area contributed by atoms with E-state index < -0.39 is 0 Å². The van der Waals surface area contributed by atoms with Gasteiger partial charge in [0.25, 0.3) is 0 Å². The number of hydrogen-bond acceptors (Lipinski definition) is 3. The zero-order valence-electron chi connectivity index (χ0n) is 9.27. The Morgan fingerprint density at radius 2 is 2.33 bits per heavy atom. The van der Waals surface area contributed by atoms with Crippen LogP contribution in [0.25, 0.3) is 0 Å². The van der Waals surface area contributed by atoms with E-state index in [1.54, 1.807) is 11.3 Å². The third-order valence-corrected chi connectivity index (χ3v) is 3.22. The smallest absolute Gasteiger partial charge is 0.0870 e. The third-order valence-electron chi connectivity index (χ3n) is 2.36. The van der Waals surface area contributed by atoms with Gasteiger partial charge in [-0.25, -0.2) is 0 Å². The molecule has 84 valence electrons. The molecule has 0 aromatic carbocycles. The van der Waals surface area contributed by atoms with Crippen LogP contribution in [0.2, 0.25) is 0 Å². The first-order valence-corrected chi connectivity index (χ1v) is 6.48. The Morgan fingerprint density at radius 1 is 1.60 bits per heavy atom. The fourth-order valence-electron chi connectivity index (χ4n) is 1.43. The van der Waals surface area contributed by atoms with Gasteiger partial charge in [-0.15, -0.1) is 0 Å². The molecule has 1 aromatic heterocycles. The topological polar surface area (TPSA) is 29.3 Å². The van der Waals surface area contributed by atoms with Gasteiger partial charge in [-0.3, -0.25) is 4.90 Å². The van der Waals surface area contributed by atoms with Gasteiger partial charge in [0.05, 0.1) is 4.99 Å². The molecule has 2 nitrogen and oxygen atoms in total. The van der Waals surface area contributed by atoms with Gasteiger partial charge in [0.1, 0.15) is 0 Å². The first-order valence-electron chi connectivity index (χ1n) is 5.13. The molecule has 4 heteroatoms. The summed E-state index contributed by atoms with van der Waals surface area (Å²) in [6.45, 7) is 6.08. The van der Waals surface area contributed by atoms with Crippen LogP contribution in [-0.4, -0.2) is 29.0 Å². The van der Waals surface area contributed by atoms with Crippen molar-refractivity contribution in [1.82, 2.24) is 4.90 Å². The van der Waals surface area contributed by atoms with Crippen LogP contribution in [0.4, 0.5) is 0 Å². The maximum absolute atomic E-state index is 5.57. The lowest BCUT2D eigenvalue weighted by molar-refractivity contribution is 0.257. The highest BCUT2D eigenvalue weighted by atomic mass is 32.1. The normalized spacial score (nSPS) is 11.2. The van der Waals surface area contributed by atoms with Crippen molar-refractivity contribution in [2.75, 3.05) is 13.1 Å². The van der Waals surface area contributed by atoms with Gasteiger partial charge < -0.3 is 5.73 Å². The van der Waals surface area contributed by atoms with E-state index in [-0.39, 0.29) is 0 Å². The van der Waals surface area contributed by atoms with Crippen LogP contribution >= 0.6 is 23.6 Å². The van der Waals surface area contributed by atoms with Gasteiger partial charge in [0.2, 0.25) is 0 Å². The largest absolute Gasteiger partial charge is 0.392 e. The maximum atomic E-state index is 5.57. The predicted octanol–water partition coefficient (Wildman–Crippen LogP) is 2.29. The highest BCUT2D eigenvalue weighted by molar-refractivity contribution is 7.80. The minimum Gasteiger partial charge on any atom is -0.392 e. The number of thiocarbonyl (C=S) groups is 1. The van der Waals surface area contributed by atoms with Gasteiger partial charge in [-0.2, -0.15) is 11.3 Å². The molecule has 1 heterocycles. The van der Waals surface area contributed by atoms with E-state index in [1.807, 2.05) is 0 Å². The fraction of sp³-hybridized carbons (Fsp3) is 0.545. The highest BCUT2D eigenvalue weighted by Gasteiger charge is 2.10. The second kappa shape index (κ2) is 6.20. The van der Waals surface area contributed by atoms with Crippen molar-refractivity contribution in [3.05, 3.63) is 22.4 Å². The van der Waals surface area contributed by atoms with Crippen molar-refractivity contribution in [1.29, 1.82) is 0 Å². The van der Waals surface area contributed by atoms with Crippen LogP contribution < -0.4 is 5.73 Å². The Bertz CT molecular complexity index is 294. The van der Waals surface area contributed by atoms with E-state index in [9.17, 15) is 0 Å². The summed E-state index contributed by atoms with van der Waals surface area (Å²) in [6.07, 6.45) is 1.07. The second-order valence-electron chi connectivity index (χ2n) is 3.91. The van der Waals surface area contributed by atoms with Crippen LogP contribution in [0, 0.1) is 0 Å². The minimum absolute atomic E-state index is 0.491. The van der Waals surface area contributed by atoms with Gasteiger partial charge in [0, 0.05) is 19.1 Å². The van der Waals surface area contributed by atoms with Crippen LogP contribution in [-0.2, 0) is 6.42 Å². The Kier molecular flexibility index (Phi) is 5.22. The van der Waals surface area contributed by atoms with Crippen molar-refractivity contribution < 1.29 is 0 Å². The molecule has 15 heavy (non-hydrogen) atoms. The standard InChI is InChI=1S/C11H18N2S2/c1-9(2)13(7-11(12)14)5-3-10-4-6-15-8-10/h4,6,8-9H,3,5,7H2,1-2H3,(H2,12,14). The van der Waals surface area contributed by atoms with E-state index in [0.717, 1.165) is 19.5 Å². The lowest BCUT2D eigenvalue weighted by atomic mass is 10.2. The molecule has 1 aromatic rings. The molecule has 0 amide bonds. The first-order chi connectivity index (χ1) is 7.09. The van der Waals surface area contributed by atoms with Crippen LogP contribution in [0.5, 0.6) is 0 Å². The monoisotopic (exact) mass is 242 g/mol. The molecule has 1 rings (SSSR count). The Balaban J connectivity index is 2.41. The van der Waals surface area contributed by atoms with Crippen molar-refractivity contribution in [2.24, 2.45) is 5.73 Å². The van der Waals surface area contributed by atoms with Crippen LogP contribution in [0.15, 0.2) is 16.8 Å². The van der Waals surface area contributed by atoms with Crippen LogP contribution in [0.3, 0.4) is 0 Å². The van der Waals surface area contributed by atoms with E-state index in [2.05, 4.69) is 35.6 Å². The highest BCUT2D eigenvalue weighted by Crippen LogP contribution is 2.08. The molecule has 0 radical (unpaired) electrons. The average Bonchev–Trinajstić information content (AvgIpc) is 2.63. The SMILES string of the molecule is CC(C)N(CCc1ccsc1)CC(N)=S. The number of nitrogens with two attached hydrogens (primary N) is 1. The minimum atomic E-state index is 0.491. The van der Waals surface area contributed by atoms with Gasteiger partial charge in [-0.05, 0) is 42.7 Å². The molecule has 0 saturated heterocycles. The van der Waals surface area contributed by atoms with Gasteiger partial charge in [-0.1, -0.05) is 12.2 Å². The average molecular weight is 242 g/mol. The molecular weight excluding hydrogens is 224 g/mol. The van der Waals surface area contributed by atoms with Crippen LogP contribution in [0.1, 0.15) is 19.4 Å². The summed E-state index contributed by atoms with van der Waals surface area (Å²) in [5.41, 5.74) is 6.97. The zero-order valence-corrected chi connectivity index (χ0v) is 10.9. The molecule has 0 fully saturated rings. The van der Waals surface area contributed by atoms with Crippen molar-refractivity contribution in [3.63, 3.8) is 0 Å². The Hall–Kier alpha value is -0.450. The molecular formula is C11H18N2S2.